The average molecular weight is 385 g/mol. The van der Waals surface area contributed by atoms with Crippen LogP contribution in [0.3, 0.4) is 0 Å². The van der Waals surface area contributed by atoms with Crippen LogP contribution in [0.2, 0.25) is 0 Å². The highest BCUT2D eigenvalue weighted by molar-refractivity contribution is 7.89. The molecule has 1 fully saturated rings. The van der Waals surface area contributed by atoms with Crippen molar-refractivity contribution >= 4 is 16.0 Å². The Kier molecular flexibility index (Phi) is 8.31. The molecule has 0 radical (unpaired) electrons. The zero-order chi connectivity index (χ0) is 18.8. The molecule has 0 bridgehead atoms. The first-order valence-corrected chi connectivity index (χ1v) is 10.9. The Morgan fingerprint density at radius 2 is 2.12 bits per heavy atom. The van der Waals surface area contributed by atoms with Crippen molar-refractivity contribution in [1.29, 1.82) is 0 Å². The molecule has 1 aliphatic carbocycles. The number of rotatable bonds is 10. The Bertz CT molecular complexity index is 690. The summed E-state index contributed by atoms with van der Waals surface area (Å²) in [7, 11) is -3.29. The minimum Gasteiger partial charge on any atom is -0.357 e. The molecule has 0 unspecified atom stereocenters. The van der Waals surface area contributed by atoms with E-state index in [4.69, 9.17) is 0 Å². The quantitative estimate of drug-likeness (QED) is 0.423. The molecule has 1 aromatic rings. The second kappa shape index (κ2) is 10.5. The zero-order valence-electron chi connectivity index (χ0n) is 15.3. The van der Waals surface area contributed by atoms with Crippen molar-refractivity contribution in [3.63, 3.8) is 0 Å². The predicted octanol–water partition coefficient (Wildman–Crippen LogP) is 1.64. The third kappa shape index (κ3) is 7.70. The number of hydrogen-bond acceptors (Lipinski definition) is 3. The molecule has 0 saturated heterocycles. The minimum atomic E-state index is -3.29. The van der Waals surface area contributed by atoms with E-state index in [0.29, 0.717) is 37.9 Å². The first kappa shape index (κ1) is 20.6. The highest BCUT2D eigenvalue weighted by Crippen LogP contribution is 2.25. The SMILES string of the molecule is CCNC(=NCCS(=O)(=O)NCC1CCC1)NCCc1cccc(F)c1. The molecular weight excluding hydrogens is 355 g/mol. The summed E-state index contributed by atoms with van der Waals surface area (Å²) in [6.45, 7) is 3.94. The molecule has 1 saturated carbocycles. The van der Waals surface area contributed by atoms with Crippen LogP contribution in [0, 0.1) is 11.7 Å². The lowest BCUT2D eigenvalue weighted by Crippen LogP contribution is -2.39. The predicted molar refractivity (Wildman–Crippen MR) is 103 cm³/mol. The van der Waals surface area contributed by atoms with Gasteiger partial charge in [0, 0.05) is 19.6 Å². The van der Waals surface area contributed by atoms with E-state index >= 15 is 0 Å². The molecule has 0 spiro atoms. The van der Waals surface area contributed by atoms with Crippen LogP contribution in [0.1, 0.15) is 31.7 Å². The molecule has 0 aliphatic heterocycles. The van der Waals surface area contributed by atoms with Gasteiger partial charge >= 0.3 is 0 Å². The number of hydrogen-bond donors (Lipinski definition) is 3. The van der Waals surface area contributed by atoms with Crippen LogP contribution in [-0.2, 0) is 16.4 Å². The van der Waals surface area contributed by atoms with E-state index in [1.54, 1.807) is 6.07 Å². The Balaban J connectivity index is 1.74. The van der Waals surface area contributed by atoms with E-state index in [1.165, 1.54) is 18.6 Å². The van der Waals surface area contributed by atoms with Crippen LogP contribution in [0.15, 0.2) is 29.3 Å². The molecule has 146 valence electrons. The van der Waals surface area contributed by atoms with Crippen molar-refractivity contribution in [1.82, 2.24) is 15.4 Å². The minimum absolute atomic E-state index is 0.0276. The van der Waals surface area contributed by atoms with E-state index in [1.807, 2.05) is 13.0 Å². The van der Waals surface area contributed by atoms with Crippen LogP contribution >= 0.6 is 0 Å². The highest BCUT2D eigenvalue weighted by atomic mass is 32.2. The van der Waals surface area contributed by atoms with E-state index in [2.05, 4.69) is 20.3 Å². The molecule has 1 aromatic carbocycles. The lowest BCUT2D eigenvalue weighted by atomic mass is 9.86. The number of sulfonamides is 1. The summed E-state index contributed by atoms with van der Waals surface area (Å²) < 4.78 is 39.8. The van der Waals surface area contributed by atoms with Crippen LogP contribution in [0.25, 0.3) is 0 Å². The van der Waals surface area contributed by atoms with Crippen molar-refractivity contribution in [3.05, 3.63) is 35.6 Å². The Morgan fingerprint density at radius 1 is 1.31 bits per heavy atom. The van der Waals surface area contributed by atoms with Gasteiger partial charge in [-0.1, -0.05) is 18.6 Å². The topological polar surface area (TPSA) is 82.6 Å². The second-order valence-corrected chi connectivity index (χ2v) is 8.46. The van der Waals surface area contributed by atoms with Crippen molar-refractivity contribution < 1.29 is 12.8 Å². The number of nitrogens with zero attached hydrogens (tertiary/aromatic N) is 1. The van der Waals surface area contributed by atoms with Gasteiger partial charge in [0.15, 0.2) is 5.96 Å². The lowest BCUT2D eigenvalue weighted by Gasteiger charge is -2.25. The zero-order valence-corrected chi connectivity index (χ0v) is 16.1. The summed E-state index contributed by atoms with van der Waals surface area (Å²) in [6, 6.07) is 6.48. The van der Waals surface area contributed by atoms with Crippen LogP contribution in [-0.4, -0.2) is 46.3 Å². The van der Waals surface area contributed by atoms with Crippen LogP contribution in [0.5, 0.6) is 0 Å². The van der Waals surface area contributed by atoms with E-state index in [0.717, 1.165) is 18.4 Å². The normalized spacial score (nSPS) is 15.5. The van der Waals surface area contributed by atoms with Gasteiger partial charge in [-0.05, 0) is 49.8 Å². The van der Waals surface area contributed by atoms with E-state index in [-0.39, 0.29) is 18.1 Å². The van der Waals surface area contributed by atoms with Crippen molar-refractivity contribution in [3.8, 4) is 0 Å². The van der Waals surface area contributed by atoms with Gasteiger partial charge in [-0.25, -0.2) is 17.5 Å². The van der Waals surface area contributed by atoms with Gasteiger partial charge in [0.25, 0.3) is 0 Å². The first-order chi connectivity index (χ1) is 12.5. The third-order valence-electron chi connectivity index (χ3n) is 4.39. The highest BCUT2D eigenvalue weighted by Gasteiger charge is 2.19. The van der Waals surface area contributed by atoms with Gasteiger partial charge in [0.1, 0.15) is 5.82 Å². The number of benzene rings is 1. The lowest BCUT2D eigenvalue weighted by molar-refractivity contribution is 0.316. The summed E-state index contributed by atoms with van der Waals surface area (Å²) in [5.41, 5.74) is 0.899. The van der Waals surface area contributed by atoms with E-state index < -0.39 is 10.0 Å². The fraction of sp³-hybridized carbons (Fsp3) is 0.611. The molecule has 1 aliphatic rings. The van der Waals surface area contributed by atoms with Gasteiger partial charge in [-0.2, -0.15) is 0 Å². The fourth-order valence-electron chi connectivity index (χ4n) is 2.65. The van der Waals surface area contributed by atoms with Gasteiger partial charge in [-0.15, -0.1) is 0 Å². The maximum absolute atomic E-state index is 13.2. The molecule has 8 heteroatoms. The largest absolute Gasteiger partial charge is 0.357 e. The molecule has 0 amide bonds. The molecule has 6 nitrogen and oxygen atoms in total. The van der Waals surface area contributed by atoms with Gasteiger partial charge in [-0.3, -0.25) is 4.99 Å². The van der Waals surface area contributed by atoms with Crippen LogP contribution in [0.4, 0.5) is 4.39 Å². The fourth-order valence-corrected chi connectivity index (χ4v) is 3.62. The number of halogens is 1. The Hall–Kier alpha value is -1.67. The first-order valence-electron chi connectivity index (χ1n) is 9.22. The average Bonchev–Trinajstić information content (AvgIpc) is 2.53. The molecular formula is C18H29FN4O2S. The Morgan fingerprint density at radius 3 is 2.77 bits per heavy atom. The smallest absolute Gasteiger partial charge is 0.213 e. The number of nitrogens with one attached hydrogen (secondary N) is 3. The summed E-state index contributed by atoms with van der Waals surface area (Å²) in [6.07, 6.45) is 4.08. The summed E-state index contributed by atoms with van der Waals surface area (Å²) in [4.78, 5) is 4.31. The standard InChI is InChI=1S/C18H29FN4O2S/c1-2-20-18(21-10-9-15-5-4-8-17(19)13-15)22-11-12-26(24,25)23-14-16-6-3-7-16/h4-5,8,13,16,23H,2-3,6-7,9-12,14H2,1H3,(H2,20,21,22). The van der Waals surface area contributed by atoms with E-state index in [9.17, 15) is 12.8 Å². The number of guanidine groups is 1. The summed E-state index contributed by atoms with van der Waals surface area (Å²) in [5, 5.41) is 6.23. The Labute approximate surface area is 155 Å². The van der Waals surface area contributed by atoms with Crippen molar-refractivity contribution in [2.75, 3.05) is 31.9 Å². The molecule has 0 heterocycles. The van der Waals surface area contributed by atoms with Gasteiger partial charge in [0.05, 0.1) is 12.3 Å². The summed E-state index contributed by atoms with van der Waals surface area (Å²) >= 11 is 0. The second-order valence-electron chi connectivity index (χ2n) is 6.53. The van der Waals surface area contributed by atoms with Gasteiger partial charge < -0.3 is 10.6 Å². The molecule has 3 N–H and O–H groups in total. The summed E-state index contributed by atoms with van der Waals surface area (Å²) in [5.74, 6) is 0.788. The maximum Gasteiger partial charge on any atom is 0.213 e. The molecule has 0 aromatic heterocycles. The maximum atomic E-state index is 13.2. The van der Waals surface area contributed by atoms with Crippen molar-refractivity contribution in [2.45, 2.75) is 32.6 Å². The van der Waals surface area contributed by atoms with Gasteiger partial charge in [0.2, 0.25) is 10.0 Å². The van der Waals surface area contributed by atoms with Crippen molar-refractivity contribution in [2.24, 2.45) is 10.9 Å². The monoisotopic (exact) mass is 384 g/mol. The molecule has 0 atom stereocenters. The van der Waals surface area contributed by atoms with Crippen LogP contribution < -0.4 is 15.4 Å². The molecule has 2 rings (SSSR count). The number of aliphatic imine (C=N–C) groups is 1. The molecule has 26 heavy (non-hydrogen) atoms. The third-order valence-corrected chi connectivity index (χ3v) is 5.71.